The van der Waals surface area contributed by atoms with Gasteiger partial charge in [-0.15, -0.1) is 0 Å². The molecule has 3 aliphatic heterocycles. The van der Waals surface area contributed by atoms with Crippen LogP contribution in [0, 0.1) is 5.92 Å². The number of ether oxygens (including phenoxy) is 6. The molecule has 0 aliphatic carbocycles. The predicted octanol–water partition coefficient (Wildman–Crippen LogP) is 4.61. The normalized spacial score (nSPS) is 24.1. The number of alkyl halides is 3. The molecule has 2 amide bonds. The molecule has 0 spiro atoms. The summed E-state index contributed by atoms with van der Waals surface area (Å²) in [4.78, 5) is 41.8. The predicted molar refractivity (Wildman–Crippen MR) is 153 cm³/mol. The van der Waals surface area contributed by atoms with Gasteiger partial charge in [0.1, 0.15) is 6.61 Å². The average Bonchev–Trinajstić information content (AvgIpc) is 3.34. The molecule has 1 N–H and O–H groups in total. The molecule has 3 heterocycles. The van der Waals surface area contributed by atoms with Gasteiger partial charge in [0.15, 0.2) is 24.0 Å². The molecule has 0 aromatic heterocycles. The van der Waals surface area contributed by atoms with Crippen LogP contribution >= 0.6 is 34.8 Å². The van der Waals surface area contributed by atoms with Crippen LogP contribution in [0.25, 0.3) is 0 Å². The van der Waals surface area contributed by atoms with E-state index in [9.17, 15) is 14.4 Å². The standard InChI is InChI=1S/C27H35Cl3N2O10/c1-37-19-12-17-18(13-20(19)38-2)32(26(36)41-15-27(28,29)30)25(42-22-7-3-4-11-40-22)23-16(8-9-31(23)24(17)35)14-39-10-5-6-21(33)34/h12-13,16,22-23,25H,3-11,14-15H2,1-2H3,(H,33,34)/t16-,22?,23-,25?/m0/s1. The summed E-state index contributed by atoms with van der Waals surface area (Å²) in [6, 6.07) is 2.35. The number of amides is 2. The van der Waals surface area contributed by atoms with E-state index in [1.165, 1.54) is 31.3 Å². The third-order valence-electron chi connectivity index (χ3n) is 7.38. The van der Waals surface area contributed by atoms with Gasteiger partial charge in [0, 0.05) is 38.2 Å². The summed E-state index contributed by atoms with van der Waals surface area (Å²) in [5.74, 6) is -0.957. The lowest BCUT2D eigenvalue weighted by molar-refractivity contribution is -0.198. The Hall–Kier alpha value is -2.22. The highest BCUT2D eigenvalue weighted by Gasteiger charge is 2.52. The fourth-order valence-corrected chi connectivity index (χ4v) is 5.62. The Kier molecular flexibility index (Phi) is 11.3. The fraction of sp³-hybridized carbons (Fsp3) is 0.667. The molecule has 4 atom stereocenters. The summed E-state index contributed by atoms with van der Waals surface area (Å²) in [6.07, 6.45) is 0.567. The lowest BCUT2D eigenvalue weighted by Gasteiger charge is -2.40. The summed E-state index contributed by atoms with van der Waals surface area (Å²) in [5, 5.41) is 8.95. The Balaban J connectivity index is 1.77. The summed E-state index contributed by atoms with van der Waals surface area (Å²) in [6.45, 7) is 0.730. The lowest BCUT2D eigenvalue weighted by atomic mass is 9.99. The number of halogens is 3. The minimum atomic E-state index is -1.88. The first-order valence-corrected chi connectivity index (χ1v) is 14.8. The van der Waals surface area contributed by atoms with E-state index in [0.29, 0.717) is 38.2 Å². The number of hydrogen-bond acceptors (Lipinski definition) is 9. The maximum atomic E-state index is 14.1. The quantitative estimate of drug-likeness (QED) is 0.267. The highest BCUT2D eigenvalue weighted by molar-refractivity contribution is 6.67. The van der Waals surface area contributed by atoms with Crippen LogP contribution in [0.15, 0.2) is 12.1 Å². The van der Waals surface area contributed by atoms with Gasteiger partial charge in [-0.3, -0.25) is 9.59 Å². The van der Waals surface area contributed by atoms with Crippen LogP contribution in [-0.2, 0) is 23.7 Å². The highest BCUT2D eigenvalue weighted by Crippen LogP contribution is 2.44. The molecule has 2 fully saturated rings. The molecular formula is C27H35Cl3N2O10. The Bertz CT molecular complexity index is 1130. The number of rotatable bonds is 11. The van der Waals surface area contributed by atoms with E-state index < -0.39 is 41.0 Å². The minimum Gasteiger partial charge on any atom is -0.493 e. The van der Waals surface area contributed by atoms with E-state index in [2.05, 4.69) is 0 Å². The zero-order chi connectivity index (χ0) is 30.4. The van der Waals surface area contributed by atoms with Gasteiger partial charge in [0.25, 0.3) is 5.91 Å². The Morgan fingerprint density at radius 1 is 1.12 bits per heavy atom. The molecule has 0 radical (unpaired) electrons. The number of carbonyl (C=O) groups is 3. The number of aliphatic carboxylic acids is 1. The van der Waals surface area contributed by atoms with Gasteiger partial charge >= 0.3 is 12.1 Å². The van der Waals surface area contributed by atoms with E-state index in [4.69, 9.17) is 68.3 Å². The van der Waals surface area contributed by atoms with Gasteiger partial charge in [-0.1, -0.05) is 34.8 Å². The molecule has 4 rings (SSSR count). The van der Waals surface area contributed by atoms with E-state index in [1.807, 2.05) is 0 Å². The van der Waals surface area contributed by atoms with Crippen molar-refractivity contribution >= 4 is 58.5 Å². The molecule has 12 nitrogen and oxygen atoms in total. The molecule has 0 saturated carbocycles. The van der Waals surface area contributed by atoms with Crippen molar-refractivity contribution in [1.29, 1.82) is 0 Å². The van der Waals surface area contributed by atoms with E-state index in [-0.39, 0.29) is 48.5 Å². The second kappa shape index (κ2) is 14.5. The summed E-state index contributed by atoms with van der Waals surface area (Å²) in [5.41, 5.74) is 0.338. The first kappa shape index (κ1) is 32.7. The molecular weight excluding hydrogens is 619 g/mol. The van der Waals surface area contributed by atoms with Crippen molar-refractivity contribution < 1.29 is 47.9 Å². The largest absolute Gasteiger partial charge is 0.493 e. The maximum Gasteiger partial charge on any atom is 0.416 e. The van der Waals surface area contributed by atoms with Crippen LogP contribution in [-0.4, -0.2) is 97.5 Å². The maximum absolute atomic E-state index is 14.1. The number of hydrogen-bond donors (Lipinski definition) is 1. The number of benzene rings is 1. The Labute approximate surface area is 258 Å². The first-order chi connectivity index (χ1) is 20.0. The van der Waals surface area contributed by atoms with Gasteiger partial charge in [0.05, 0.1) is 38.1 Å². The van der Waals surface area contributed by atoms with Crippen LogP contribution in [0.5, 0.6) is 11.5 Å². The van der Waals surface area contributed by atoms with Crippen molar-refractivity contribution in [3.63, 3.8) is 0 Å². The first-order valence-electron chi connectivity index (χ1n) is 13.7. The Morgan fingerprint density at radius 3 is 2.50 bits per heavy atom. The monoisotopic (exact) mass is 652 g/mol. The summed E-state index contributed by atoms with van der Waals surface area (Å²) >= 11 is 17.7. The van der Waals surface area contributed by atoms with Crippen molar-refractivity contribution in [2.75, 3.05) is 52.1 Å². The molecule has 1 aromatic carbocycles. The van der Waals surface area contributed by atoms with Crippen LogP contribution in [0.2, 0.25) is 0 Å². The molecule has 3 aliphatic rings. The number of carboxylic acids is 1. The number of methoxy groups -OCH3 is 2. The summed E-state index contributed by atoms with van der Waals surface area (Å²) < 4.78 is 32.8. The molecule has 234 valence electrons. The molecule has 2 saturated heterocycles. The van der Waals surface area contributed by atoms with Crippen molar-refractivity contribution in [2.24, 2.45) is 5.92 Å². The zero-order valence-electron chi connectivity index (χ0n) is 23.4. The number of fused-ring (bicyclic) bond motifs is 2. The third kappa shape index (κ3) is 7.83. The van der Waals surface area contributed by atoms with Crippen molar-refractivity contribution in [1.82, 2.24) is 4.90 Å². The van der Waals surface area contributed by atoms with Crippen LogP contribution < -0.4 is 14.4 Å². The number of carbonyl (C=O) groups excluding carboxylic acids is 2. The third-order valence-corrected chi connectivity index (χ3v) is 7.71. The smallest absolute Gasteiger partial charge is 0.416 e. The van der Waals surface area contributed by atoms with Crippen LogP contribution in [0.4, 0.5) is 10.5 Å². The van der Waals surface area contributed by atoms with E-state index in [0.717, 1.165) is 12.8 Å². The molecule has 15 heteroatoms. The van der Waals surface area contributed by atoms with Crippen molar-refractivity contribution in [3.8, 4) is 11.5 Å². The van der Waals surface area contributed by atoms with Gasteiger partial charge in [-0.25, -0.2) is 9.69 Å². The second-order valence-electron chi connectivity index (χ2n) is 10.2. The van der Waals surface area contributed by atoms with E-state index >= 15 is 0 Å². The average molecular weight is 654 g/mol. The molecule has 1 aromatic rings. The number of anilines is 1. The summed E-state index contributed by atoms with van der Waals surface area (Å²) in [7, 11) is 2.88. The number of nitrogens with zero attached hydrogens (tertiary/aromatic N) is 2. The van der Waals surface area contributed by atoms with Crippen molar-refractivity contribution in [2.45, 2.75) is 60.9 Å². The molecule has 42 heavy (non-hydrogen) atoms. The van der Waals surface area contributed by atoms with Gasteiger partial charge in [-0.05, 0) is 38.2 Å². The van der Waals surface area contributed by atoms with Crippen LogP contribution in [0.1, 0.15) is 48.9 Å². The number of carboxylic acid groups (broad SMARTS) is 1. The fourth-order valence-electron chi connectivity index (χ4n) is 5.46. The zero-order valence-corrected chi connectivity index (χ0v) is 25.7. The van der Waals surface area contributed by atoms with Crippen LogP contribution in [0.3, 0.4) is 0 Å². The van der Waals surface area contributed by atoms with Crippen molar-refractivity contribution in [3.05, 3.63) is 17.7 Å². The van der Waals surface area contributed by atoms with E-state index in [1.54, 1.807) is 4.90 Å². The Morgan fingerprint density at radius 2 is 1.86 bits per heavy atom. The lowest BCUT2D eigenvalue weighted by Crippen LogP contribution is -2.56. The topological polar surface area (TPSA) is 133 Å². The highest BCUT2D eigenvalue weighted by atomic mass is 35.6. The van der Waals surface area contributed by atoms with Gasteiger partial charge in [0.2, 0.25) is 3.79 Å². The SMILES string of the molecule is COc1cc2c(cc1OC)N(C(=O)OCC(Cl)(Cl)Cl)C(OC1CCCCO1)[C@@H]1[C@H](COCCCC(=O)O)CCN1C2=O. The second-order valence-corrected chi connectivity index (χ2v) is 12.7. The van der Waals surface area contributed by atoms with Gasteiger partial charge in [-0.2, -0.15) is 0 Å². The van der Waals surface area contributed by atoms with Gasteiger partial charge < -0.3 is 38.4 Å². The molecule has 0 bridgehead atoms. The minimum absolute atomic E-state index is 0.0226. The molecule has 2 unspecified atom stereocenters.